The van der Waals surface area contributed by atoms with Crippen LogP contribution in [0.15, 0.2) is 0 Å². The zero-order chi connectivity index (χ0) is 7.07. The maximum absolute atomic E-state index is 12.0. The monoisotopic (exact) mass is 134 g/mol. The van der Waals surface area contributed by atoms with Crippen molar-refractivity contribution in [2.45, 2.75) is 18.4 Å². The molecule has 0 aromatic rings. The van der Waals surface area contributed by atoms with Gasteiger partial charge in [-0.1, -0.05) is 0 Å². The predicted octanol–water partition coefficient (Wildman–Crippen LogP) is 0.393. The Kier molecular flexibility index (Phi) is 1.18. The van der Waals surface area contributed by atoms with E-state index in [2.05, 4.69) is 0 Å². The SMILES string of the molecule is CN([C]=O)C1CC1(F)F. The second-order valence-corrected chi connectivity index (χ2v) is 2.18. The molecule has 1 rings (SSSR count). The van der Waals surface area contributed by atoms with Crippen molar-refractivity contribution in [1.29, 1.82) is 0 Å². The van der Waals surface area contributed by atoms with Crippen LogP contribution in [0.4, 0.5) is 8.78 Å². The summed E-state index contributed by atoms with van der Waals surface area (Å²) in [6.07, 6.45) is 1.18. The molecule has 1 atom stereocenters. The van der Waals surface area contributed by atoms with Crippen molar-refractivity contribution >= 4 is 6.41 Å². The van der Waals surface area contributed by atoms with E-state index in [1.807, 2.05) is 0 Å². The predicted molar refractivity (Wildman–Crippen MR) is 26.8 cm³/mol. The molecular weight excluding hydrogens is 128 g/mol. The first kappa shape index (κ1) is 6.45. The lowest BCUT2D eigenvalue weighted by Crippen LogP contribution is -2.23. The molecule has 4 heteroatoms. The molecule has 0 saturated heterocycles. The molecule has 2 nitrogen and oxygen atoms in total. The molecule has 0 heterocycles. The number of amides is 1. The number of hydrogen-bond donors (Lipinski definition) is 0. The highest BCUT2D eigenvalue weighted by Crippen LogP contribution is 2.44. The maximum atomic E-state index is 12.0. The van der Waals surface area contributed by atoms with Crippen LogP contribution in [0, 0.1) is 0 Å². The largest absolute Gasteiger partial charge is 0.328 e. The molecule has 1 aliphatic rings. The third kappa shape index (κ3) is 1.01. The molecule has 0 bridgehead atoms. The Bertz CT molecular complexity index is 137. The van der Waals surface area contributed by atoms with Crippen LogP contribution in [0.5, 0.6) is 0 Å². The highest BCUT2D eigenvalue weighted by Gasteiger charge is 2.59. The highest BCUT2D eigenvalue weighted by atomic mass is 19.3. The van der Waals surface area contributed by atoms with Crippen LogP contribution >= 0.6 is 0 Å². The lowest BCUT2D eigenvalue weighted by molar-refractivity contribution is 0.0930. The zero-order valence-corrected chi connectivity index (χ0v) is 4.90. The van der Waals surface area contributed by atoms with Gasteiger partial charge in [-0.05, 0) is 0 Å². The van der Waals surface area contributed by atoms with Crippen LogP contribution < -0.4 is 0 Å². The van der Waals surface area contributed by atoms with Crippen molar-refractivity contribution < 1.29 is 13.6 Å². The van der Waals surface area contributed by atoms with Gasteiger partial charge in [-0.3, -0.25) is 4.79 Å². The standard InChI is InChI=1S/C5H6F2NO/c1-8(3-9)4-2-5(4,6)7/h4H,2H2,1H3. The van der Waals surface area contributed by atoms with Gasteiger partial charge in [0.05, 0.1) is 0 Å². The van der Waals surface area contributed by atoms with Crippen molar-refractivity contribution in [3.05, 3.63) is 0 Å². The summed E-state index contributed by atoms with van der Waals surface area (Å²) in [6.45, 7) is 0. The second kappa shape index (κ2) is 1.65. The Labute approximate surface area is 51.4 Å². The van der Waals surface area contributed by atoms with Crippen molar-refractivity contribution in [1.82, 2.24) is 4.90 Å². The first-order valence-electron chi connectivity index (χ1n) is 2.56. The van der Waals surface area contributed by atoms with E-state index in [-0.39, 0.29) is 6.42 Å². The molecule has 1 unspecified atom stereocenters. The first-order valence-corrected chi connectivity index (χ1v) is 2.56. The summed E-state index contributed by atoms with van der Waals surface area (Å²) in [7, 11) is 1.30. The van der Waals surface area contributed by atoms with Crippen molar-refractivity contribution in [3.63, 3.8) is 0 Å². The van der Waals surface area contributed by atoms with Gasteiger partial charge >= 0.3 is 6.41 Å². The number of rotatable bonds is 2. The van der Waals surface area contributed by atoms with Crippen molar-refractivity contribution in [3.8, 4) is 0 Å². The zero-order valence-electron chi connectivity index (χ0n) is 4.90. The molecule has 0 aromatic heterocycles. The van der Waals surface area contributed by atoms with E-state index >= 15 is 0 Å². The van der Waals surface area contributed by atoms with E-state index in [0.717, 1.165) is 4.90 Å². The van der Waals surface area contributed by atoms with Crippen molar-refractivity contribution in [2.75, 3.05) is 7.05 Å². The molecular formula is C5H6F2NO. The quantitative estimate of drug-likeness (QED) is 0.500. The fourth-order valence-electron chi connectivity index (χ4n) is 0.683. The highest BCUT2D eigenvalue weighted by molar-refractivity contribution is 5.49. The Morgan fingerprint density at radius 2 is 2.22 bits per heavy atom. The van der Waals surface area contributed by atoms with Crippen LogP contribution in [-0.4, -0.2) is 30.3 Å². The molecule has 51 valence electrons. The van der Waals surface area contributed by atoms with Crippen LogP contribution in [-0.2, 0) is 4.79 Å². The van der Waals surface area contributed by atoms with Gasteiger partial charge in [-0.2, -0.15) is 0 Å². The Balaban J connectivity index is 2.42. The third-order valence-electron chi connectivity index (χ3n) is 1.40. The molecule has 1 aliphatic carbocycles. The summed E-state index contributed by atoms with van der Waals surface area (Å²) < 4.78 is 24.0. The fourth-order valence-corrected chi connectivity index (χ4v) is 0.683. The molecule has 0 aromatic carbocycles. The second-order valence-electron chi connectivity index (χ2n) is 2.18. The minimum absolute atomic E-state index is 0.210. The summed E-state index contributed by atoms with van der Waals surface area (Å²) in [5.41, 5.74) is 0. The molecule has 1 saturated carbocycles. The molecule has 0 aliphatic heterocycles. The summed E-state index contributed by atoms with van der Waals surface area (Å²) in [4.78, 5) is 10.6. The molecule has 0 N–H and O–H groups in total. The van der Waals surface area contributed by atoms with Crippen LogP contribution in [0.2, 0.25) is 0 Å². The normalized spacial score (nSPS) is 29.4. The van der Waals surface area contributed by atoms with Gasteiger partial charge in [0.15, 0.2) is 0 Å². The van der Waals surface area contributed by atoms with Gasteiger partial charge < -0.3 is 4.90 Å². The number of carbonyl (C=O) groups excluding carboxylic acids is 1. The van der Waals surface area contributed by atoms with Gasteiger partial charge in [-0.25, -0.2) is 8.78 Å². The maximum Gasteiger partial charge on any atom is 0.312 e. The van der Waals surface area contributed by atoms with E-state index in [9.17, 15) is 13.6 Å². The minimum atomic E-state index is -2.65. The molecule has 1 fully saturated rings. The van der Waals surface area contributed by atoms with Crippen molar-refractivity contribution in [2.24, 2.45) is 0 Å². The van der Waals surface area contributed by atoms with E-state index in [0.29, 0.717) is 0 Å². The molecule has 9 heavy (non-hydrogen) atoms. The van der Waals surface area contributed by atoms with Gasteiger partial charge in [0, 0.05) is 13.5 Å². The molecule has 1 amide bonds. The van der Waals surface area contributed by atoms with Crippen LogP contribution in [0.1, 0.15) is 6.42 Å². The minimum Gasteiger partial charge on any atom is -0.328 e. The van der Waals surface area contributed by atoms with E-state index < -0.39 is 12.0 Å². The van der Waals surface area contributed by atoms with E-state index in [1.54, 1.807) is 0 Å². The molecule has 1 radical (unpaired) electrons. The first-order chi connectivity index (χ1) is 4.08. The fraction of sp³-hybridized carbons (Fsp3) is 0.800. The Morgan fingerprint density at radius 3 is 2.33 bits per heavy atom. The average Bonchev–Trinajstić information content (AvgIpc) is 2.38. The van der Waals surface area contributed by atoms with Gasteiger partial charge in [-0.15, -0.1) is 0 Å². The van der Waals surface area contributed by atoms with Gasteiger partial charge in [0.25, 0.3) is 5.92 Å². The van der Waals surface area contributed by atoms with E-state index in [4.69, 9.17) is 0 Å². The smallest absolute Gasteiger partial charge is 0.312 e. The third-order valence-corrected chi connectivity index (χ3v) is 1.40. The number of alkyl halides is 2. The Morgan fingerprint density at radius 1 is 1.78 bits per heavy atom. The van der Waals surface area contributed by atoms with Crippen LogP contribution in [0.3, 0.4) is 0 Å². The Hall–Kier alpha value is -0.670. The summed E-state index contributed by atoms with van der Waals surface area (Å²) in [5.74, 6) is -2.65. The average molecular weight is 134 g/mol. The number of nitrogens with zero attached hydrogens (tertiary/aromatic N) is 1. The number of halogens is 2. The summed E-state index contributed by atoms with van der Waals surface area (Å²) in [5, 5.41) is 0. The van der Waals surface area contributed by atoms with Gasteiger partial charge in [0.1, 0.15) is 6.04 Å². The van der Waals surface area contributed by atoms with E-state index in [1.165, 1.54) is 13.5 Å². The lowest BCUT2D eigenvalue weighted by atomic mass is 10.6. The lowest BCUT2D eigenvalue weighted by Gasteiger charge is -2.05. The molecule has 0 spiro atoms. The van der Waals surface area contributed by atoms with Gasteiger partial charge in [0.2, 0.25) is 0 Å². The topological polar surface area (TPSA) is 20.3 Å². The van der Waals surface area contributed by atoms with Crippen LogP contribution in [0.25, 0.3) is 0 Å². The summed E-state index contributed by atoms with van der Waals surface area (Å²) >= 11 is 0. The summed E-state index contributed by atoms with van der Waals surface area (Å²) in [6, 6.07) is -0.894. The number of hydrogen-bond acceptors (Lipinski definition) is 1.